The standard InChI is InChI=1S/C19H25N7O2/c1-2-3-8-28-18-24-16(20)15-17(25-18)26(19(27)23-15)11-14-5-4-12(10-22-14)9-21-13-6-7-13/h4-5,10,13,21H,2-3,6-9,11H2,1H3,(H,23,27)(H2,20,24,25). The van der Waals surface area contributed by atoms with Crippen LogP contribution < -0.4 is 21.5 Å². The number of fused-ring (bicyclic) bond motifs is 1. The van der Waals surface area contributed by atoms with Gasteiger partial charge in [0.15, 0.2) is 11.5 Å². The Morgan fingerprint density at radius 3 is 2.93 bits per heavy atom. The molecular weight excluding hydrogens is 358 g/mol. The monoisotopic (exact) mass is 383 g/mol. The van der Waals surface area contributed by atoms with Crippen molar-refractivity contribution in [2.75, 3.05) is 12.3 Å². The molecule has 0 atom stereocenters. The van der Waals surface area contributed by atoms with Gasteiger partial charge in [0.1, 0.15) is 5.52 Å². The highest BCUT2D eigenvalue weighted by Gasteiger charge is 2.20. The minimum absolute atomic E-state index is 0.181. The van der Waals surface area contributed by atoms with Gasteiger partial charge in [-0.2, -0.15) is 9.97 Å². The summed E-state index contributed by atoms with van der Waals surface area (Å²) in [5, 5.41) is 3.46. The van der Waals surface area contributed by atoms with E-state index < -0.39 is 0 Å². The zero-order chi connectivity index (χ0) is 19.5. The van der Waals surface area contributed by atoms with Crippen LogP contribution in [0.5, 0.6) is 6.01 Å². The Balaban J connectivity index is 1.55. The van der Waals surface area contributed by atoms with E-state index in [1.807, 2.05) is 18.3 Å². The van der Waals surface area contributed by atoms with Crippen LogP contribution in [-0.4, -0.2) is 37.2 Å². The Morgan fingerprint density at radius 1 is 1.36 bits per heavy atom. The predicted molar refractivity (Wildman–Crippen MR) is 106 cm³/mol. The summed E-state index contributed by atoms with van der Waals surface area (Å²) in [4.78, 5) is 28.1. The number of hydrogen-bond donors (Lipinski definition) is 3. The maximum absolute atomic E-state index is 12.4. The lowest BCUT2D eigenvalue weighted by Crippen LogP contribution is -2.19. The first-order chi connectivity index (χ1) is 13.6. The quantitative estimate of drug-likeness (QED) is 0.479. The first-order valence-corrected chi connectivity index (χ1v) is 9.70. The fourth-order valence-corrected chi connectivity index (χ4v) is 2.91. The Labute approximate surface area is 162 Å². The molecule has 9 heteroatoms. The van der Waals surface area contributed by atoms with Crippen molar-refractivity contribution in [3.05, 3.63) is 40.1 Å². The molecule has 3 aromatic rings. The second kappa shape index (κ2) is 7.97. The van der Waals surface area contributed by atoms with Crippen molar-refractivity contribution in [1.82, 2.24) is 29.8 Å². The number of H-pyrrole nitrogens is 1. The van der Waals surface area contributed by atoms with Crippen LogP contribution in [0.15, 0.2) is 23.1 Å². The molecule has 28 heavy (non-hydrogen) atoms. The van der Waals surface area contributed by atoms with Crippen LogP contribution in [0.3, 0.4) is 0 Å². The summed E-state index contributed by atoms with van der Waals surface area (Å²) in [6, 6.07) is 4.79. The summed E-state index contributed by atoms with van der Waals surface area (Å²) >= 11 is 0. The first-order valence-electron chi connectivity index (χ1n) is 9.70. The topological polar surface area (TPSA) is 124 Å². The van der Waals surface area contributed by atoms with Gasteiger partial charge < -0.3 is 20.8 Å². The lowest BCUT2D eigenvalue weighted by atomic mass is 10.2. The normalized spacial score (nSPS) is 13.9. The predicted octanol–water partition coefficient (Wildman–Crippen LogP) is 1.58. The minimum atomic E-state index is -0.303. The van der Waals surface area contributed by atoms with Gasteiger partial charge in [-0.1, -0.05) is 19.4 Å². The Bertz CT molecular complexity index is 1010. The molecule has 0 amide bonds. The van der Waals surface area contributed by atoms with E-state index >= 15 is 0 Å². The Kier molecular flexibility index (Phi) is 5.25. The number of hydrogen-bond acceptors (Lipinski definition) is 7. The van der Waals surface area contributed by atoms with Crippen LogP contribution >= 0.6 is 0 Å². The van der Waals surface area contributed by atoms with Crippen molar-refractivity contribution in [2.24, 2.45) is 0 Å². The van der Waals surface area contributed by atoms with Gasteiger partial charge in [-0.25, -0.2) is 4.79 Å². The fourth-order valence-electron chi connectivity index (χ4n) is 2.91. The molecule has 4 rings (SSSR count). The van der Waals surface area contributed by atoms with Crippen LogP contribution in [-0.2, 0) is 13.1 Å². The third-order valence-electron chi connectivity index (χ3n) is 4.74. The smallest absolute Gasteiger partial charge is 0.328 e. The van der Waals surface area contributed by atoms with E-state index in [4.69, 9.17) is 10.5 Å². The summed E-state index contributed by atoms with van der Waals surface area (Å²) in [7, 11) is 0. The maximum Gasteiger partial charge on any atom is 0.328 e. The Hall–Kier alpha value is -2.94. The molecule has 4 N–H and O–H groups in total. The summed E-state index contributed by atoms with van der Waals surface area (Å²) in [5.41, 5.74) is 8.41. The second-order valence-corrected chi connectivity index (χ2v) is 7.12. The first kappa shape index (κ1) is 18.4. The number of ether oxygens (including phenoxy) is 1. The highest BCUT2D eigenvalue weighted by Crippen LogP contribution is 2.20. The largest absolute Gasteiger partial charge is 0.463 e. The second-order valence-electron chi connectivity index (χ2n) is 7.12. The molecule has 1 fully saturated rings. The van der Waals surface area contributed by atoms with Gasteiger partial charge >= 0.3 is 11.7 Å². The molecule has 0 bridgehead atoms. The van der Waals surface area contributed by atoms with Crippen molar-refractivity contribution < 1.29 is 4.74 Å². The summed E-state index contributed by atoms with van der Waals surface area (Å²) < 4.78 is 7.07. The summed E-state index contributed by atoms with van der Waals surface area (Å²) in [6.07, 6.45) is 6.25. The molecule has 1 aliphatic carbocycles. The molecule has 0 aromatic carbocycles. The molecule has 148 valence electrons. The van der Waals surface area contributed by atoms with Crippen molar-refractivity contribution in [1.29, 1.82) is 0 Å². The summed E-state index contributed by atoms with van der Waals surface area (Å²) in [5.74, 6) is 0.196. The lowest BCUT2D eigenvalue weighted by molar-refractivity contribution is 0.286. The van der Waals surface area contributed by atoms with E-state index in [1.165, 1.54) is 17.4 Å². The van der Waals surface area contributed by atoms with E-state index in [2.05, 4.69) is 32.2 Å². The number of nitrogens with zero attached hydrogens (tertiary/aromatic N) is 4. The molecule has 1 saturated carbocycles. The van der Waals surface area contributed by atoms with Gasteiger partial charge in [-0.15, -0.1) is 0 Å². The fraction of sp³-hybridized carbons (Fsp3) is 0.474. The third kappa shape index (κ3) is 4.14. The van der Waals surface area contributed by atoms with E-state index in [0.29, 0.717) is 30.4 Å². The molecule has 0 spiro atoms. The zero-order valence-corrected chi connectivity index (χ0v) is 15.9. The summed E-state index contributed by atoms with van der Waals surface area (Å²) in [6.45, 7) is 3.69. The molecule has 0 unspecified atom stereocenters. The number of aromatic amines is 1. The van der Waals surface area contributed by atoms with Crippen LogP contribution in [0.2, 0.25) is 0 Å². The number of unbranched alkanes of at least 4 members (excludes halogenated alkanes) is 1. The maximum atomic E-state index is 12.4. The molecule has 9 nitrogen and oxygen atoms in total. The lowest BCUT2D eigenvalue weighted by Gasteiger charge is -2.07. The van der Waals surface area contributed by atoms with E-state index in [1.54, 1.807) is 0 Å². The van der Waals surface area contributed by atoms with Crippen molar-refractivity contribution >= 4 is 17.0 Å². The zero-order valence-electron chi connectivity index (χ0n) is 15.9. The number of rotatable bonds is 9. The van der Waals surface area contributed by atoms with Crippen molar-refractivity contribution in [3.8, 4) is 6.01 Å². The Morgan fingerprint density at radius 2 is 2.21 bits per heavy atom. The molecule has 0 radical (unpaired) electrons. The van der Waals surface area contributed by atoms with Gasteiger partial charge in [0, 0.05) is 18.8 Å². The van der Waals surface area contributed by atoms with Crippen LogP contribution in [0.1, 0.15) is 43.9 Å². The third-order valence-corrected chi connectivity index (χ3v) is 4.74. The number of pyridine rings is 1. The molecule has 3 heterocycles. The van der Waals surface area contributed by atoms with Gasteiger partial charge in [0.05, 0.1) is 18.8 Å². The molecule has 0 aliphatic heterocycles. The van der Waals surface area contributed by atoms with Gasteiger partial charge in [-0.05, 0) is 30.9 Å². The SMILES string of the molecule is CCCCOc1nc(N)c2[nH]c(=O)n(Cc3ccc(CNC4CC4)cn3)c2n1. The average molecular weight is 383 g/mol. The van der Waals surface area contributed by atoms with Crippen LogP contribution in [0, 0.1) is 0 Å². The van der Waals surface area contributed by atoms with Crippen LogP contribution in [0.4, 0.5) is 5.82 Å². The number of anilines is 1. The molecule has 3 aromatic heterocycles. The van der Waals surface area contributed by atoms with Gasteiger partial charge in [-0.3, -0.25) is 9.55 Å². The number of nitrogens with one attached hydrogen (secondary N) is 2. The van der Waals surface area contributed by atoms with Gasteiger partial charge in [0.25, 0.3) is 0 Å². The van der Waals surface area contributed by atoms with E-state index in [-0.39, 0.29) is 17.5 Å². The number of aromatic nitrogens is 5. The highest BCUT2D eigenvalue weighted by atomic mass is 16.5. The molecule has 0 saturated heterocycles. The molecule has 1 aliphatic rings. The molecular formula is C19H25N7O2. The minimum Gasteiger partial charge on any atom is -0.463 e. The average Bonchev–Trinajstić information content (AvgIpc) is 3.47. The number of nitrogens with two attached hydrogens (primary N) is 1. The number of nitrogen functional groups attached to an aromatic ring is 1. The van der Waals surface area contributed by atoms with Crippen LogP contribution in [0.25, 0.3) is 11.2 Å². The van der Waals surface area contributed by atoms with Crippen molar-refractivity contribution in [2.45, 2.75) is 51.7 Å². The van der Waals surface area contributed by atoms with E-state index in [0.717, 1.165) is 30.6 Å². The van der Waals surface area contributed by atoms with E-state index in [9.17, 15) is 4.79 Å². The van der Waals surface area contributed by atoms with Crippen molar-refractivity contribution in [3.63, 3.8) is 0 Å². The van der Waals surface area contributed by atoms with Gasteiger partial charge in [0.2, 0.25) is 0 Å². The number of imidazole rings is 1. The highest BCUT2D eigenvalue weighted by molar-refractivity contribution is 5.81.